The average Bonchev–Trinajstić information content (AvgIpc) is 2.83. The summed E-state index contributed by atoms with van der Waals surface area (Å²) >= 11 is 0. The van der Waals surface area contributed by atoms with Gasteiger partial charge in [-0.15, -0.1) is 0 Å². The molecule has 2 nitrogen and oxygen atoms in total. The summed E-state index contributed by atoms with van der Waals surface area (Å²) in [7, 11) is 0. The number of nitrogens with one attached hydrogen (secondary N) is 1. The molecule has 3 rings (SSSR count). The highest BCUT2D eigenvalue weighted by Crippen LogP contribution is 2.44. The van der Waals surface area contributed by atoms with Crippen molar-refractivity contribution in [2.75, 3.05) is 0 Å². The van der Waals surface area contributed by atoms with E-state index in [0.717, 1.165) is 30.7 Å². The van der Waals surface area contributed by atoms with Gasteiger partial charge in [0, 0.05) is 12.1 Å². The summed E-state index contributed by atoms with van der Waals surface area (Å²) in [6.07, 6.45) is 10.3. The molecule has 3 fully saturated rings. The van der Waals surface area contributed by atoms with Gasteiger partial charge < -0.3 is 10.4 Å². The Kier molecular flexibility index (Phi) is 2.73. The molecule has 3 atom stereocenters. The number of aliphatic hydroxyl groups excluding tert-OH is 1. The Hall–Kier alpha value is -0.0800. The number of hydrogen-bond acceptors (Lipinski definition) is 2. The largest absolute Gasteiger partial charge is 0.393 e. The summed E-state index contributed by atoms with van der Waals surface area (Å²) < 4.78 is 0. The molecule has 0 aromatic rings. The molecule has 0 unspecified atom stereocenters. The van der Waals surface area contributed by atoms with Gasteiger partial charge in [-0.2, -0.15) is 0 Å². The molecule has 0 saturated heterocycles. The molecule has 0 aliphatic heterocycles. The molecule has 2 N–H and O–H groups in total. The van der Waals surface area contributed by atoms with Crippen molar-refractivity contribution in [2.24, 2.45) is 11.8 Å². The van der Waals surface area contributed by atoms with Crippen LogP contribution in [0.4, 0.5) is 0 Å². The van der Waals surface area contributed by atoms with Gasteiger partial charge >= 0.3 is 0 Å². The molecule has 3 aliphatic carbocycles. The van der Waals surface area contributed by atoms with Crippen molar-refractivity contribution in [3.63, 3.8) is 0 Å². The van der Waals surface area contributed by atoms with Gasteiger partial charge in [0.1, 0.15) is 0 Å². The summed E-state index contributed by atoms with van der Waals surface area (Å²) in [6.45, 7) is 0. The lowest BCUT2D eigenvalue weighted by Gasteiger charge is -2.32. The maximum atomic E-state index is 9.47. The Balaban J connectivity index is 1.49. The van der Waals surface area contributed by atoms with Gasteiger partial charge in [-0.1, -0.05) is 6.42 Å². The Morgan fingerprint density at radius 2 is 1.67 bits per heavy atom. The van der Waals surface area contributed by atoms with E-state index in [1.807, 2.05) is 0 Å². The first-order valence-electron chi connectivity index (χ1n) is 6.75. The molecular formula is C13H23NO. The second-order valence-electron chi connectivity index (χ2n) is 5.95. The summed E-state index contributed by atoms with van der Waals surface area (Å²) in [4.78, 5) is 0. The molecule has 2 heteroatoms. The molecule has 0 spiro atoms. The van der Waals surface area contributed by atoms with Crippen LogP contribution in [-0.4, -0.2) is 23.3 Å². The third-order valence-electron chi connectivity index (χ3n) is 4.88. The number of fused-ring (bicyclic) bond motifs is 2. The lowest BCUT2D eigenvalue weighted by Crippen LogP contribution is -2.43. The first-order chi connectivity index (χ1) is 7.31. The molecule has 0 amide bonds. The highest BCUT2D eigenvalue weighted by atomic mass is 16.3. The second-order valence-corrected chi connectivity index (χ2v) is 5.95. The fraction of sp³-hybridized carbons (Fsp3) is 1.00. The van der Waals surface area contributed by atoms with Crippen molar-refractivity contribution in [1.29, 1.82) is 0 Å². The first kappa shape index (κ1) is 10.1. The molecule has 3 aliphatic rings. The maximum absolute atomic E-state index is 9.47. The van der Waals surface area contributed by atoms with Crippen LogP contribution in [0.1, 0.15) is 51.4 Å². The Bertz CT molecular complexity index is 223. The summed E-state index contributed by atoms with van der Waals surface area (Å²) in [5, 5.41) is 13.3. The van der Waals surface area contributed by atoms with Gasteiger partial charge in [-0.25, -0.2) is 0 Å². The van der Waals surface area contributed by atoms with Crippen LogP contribution in [0.25, 0.3) is 0 Å². The Labute approximate surface area is 92.4 Å². The first-order valence-corrected chi connectivity index (χ1v) is 6.75. The Morgan fingerprint density at radius 3 is 2.27 bits per heavy atom. The molecule has 2 bridgehead atoms. The predicted octanol–water partition coefficient (Wildman–Crippen LogP) is 2.07. The van der Waals surface area contributed by atoms with E-state index in [-0.39, 0.29) is 6.10 Å². The van der Waals surface area contributed by atoms with Crippen LogP contribution in [0.5, 0.6) is 0 Å². The zero-order valence-electron chi connectivity index (χ0n) is 9.49. The molecule has 15 heavy (non-hydrogen) atoms. The van der Waals surface area contributed by atoms with E-state index in [2.05, 4.69) is 5.32 Å². The van der Waals surface area contributed by atoms with Crippen LogP contribution in [-0.2, 0) is 0 Å². The fourth-order valence-corrected chi connectivity index (χ4v) is 3.99. The van der Waals surface area contributed by atoms with Crippen LogP contribution >= 0.6 is 0 Å². The van der Waals surface area contributed by atoms with Crippen LogP contribution in [0.3, 0.4) is 0 Å². The quantitative estimate of drug-likeness (QED) is 0.729. The minimum atomic E-state index is -0.0110. The van der Waals surface area contributed by atoms with Gasteiger partial charge in [0.05, 0.1) is 6.10 Å². The summed E-state index contributed by atoms with van der Waals surface area (Å²) in [5.41, 5.74) is 0. The average molecular weight is 209 g/mol. The fourth-order valence-electron chi connectivity index (χ4n) is 3.99. The predicted molar refractivity (Wildman–Crippen MR) is 60.6 cm³/mol. The smallest absolute Gasteiger partial charge is 0.0541 e. The third kappa shape index (κ3) is 2.07. The van der Waals surface area contributed by atoms with Gasteiger partial charge in [-0.3, -0.25) is 0 Å². The van der Waals surface area contributed by atoms with Crippen molar-refractivity contribution in [3.8, 4) is 0 Å². The van der Waals surface area contributed by atoms with Crippen LogP contribution < -0.4 is 5.32 Å². The lowest BCUT2D eigenvalue weighted by molar-refractivity contribution is 0.111. The topological polar surface area (TPSA) is 32.3 Å². The van der Waals surface area contributed by atoms with E-state index in [1.165, 1.54) is 38.5 Å². The minimum absolute atomic E-state index is 0.0110. The van der Waals surface area contributed by atoms with Crippen LogP contribution in [0.15, 0.2) is 0 Å². The molecule has 0 radical (unpaired) electrons. The van der Waals surface area contributed by atoms with Gasteiger partial charge in [0.2, 0.25) is 0 Å². The summed E-state index contributed by atoms with van der Waals surface area (Å²) in [5.74, 6) is 2.03. The number of hydrogen-bond donors (Lipinski definition) is 2. The highest BCUT2D eigenvalue weighted by Gasteiger charge is 2.40. The van der Waals surface area contributed by atoms with Crippen LogP contribution in [0, 0.1) is 11.8 Å². The van der Waals surface area contributed by atoms with E-state index in [1.54, 1.807) is 0 Å². The highest BCUT2D eigenvalue weighted by molar-refractivity contribution is 4.95. The molecule has 0 aromatic carbocycles. The van der Waals surface area contributed by atoms with E-state index >= 15 is 0 Å². The third-order valence-corrected chi connectivity index (χ3v) is 4.88. The van der Waals surface area contributed by atoms with Crippen molar-refractivity contribution in [2.45, 2.75) is 69.6 Å². The zero-order valence-corrected chi connectivity index (χ0v) is 9.49. The van der Waals surface area contributed by atoms with Gasteiger partial charge in [0.25, 0.3) is 0 Å². The molecule has 3 saturated carbocycles. The van der Waals surface area contributed by atoms with Crippen molar-refractivity contribution >= 4 is 0 Å². The van der Waals surface area contributed by atoms with Crippen molar-refractivity contribution < 1.29 is 5.11 Å². The second kappa shape index (κ2) is 4.06. The SMILES string of the molecule is OC1CCC(N[C@H]2C[C@H]3CC[C@@H]2C3)CC1. The van der Waals surface area contributed by atoms with Crippen LogP contribution in [0.2, 0.25) is 0 Å². The number of rotatable bonds is 2. The zero-order chi connectivity index (χ0) is 10.3. The van der Waals surface area contributed by atoms with E-state index < -0.39 is 0 Å². The van der Waals surface area contributed by atoms with Gasteiger partial charge in [0.15, 0.2) is 0 Å². The minimum Gasteiger partial charge on any atom is -0.393 e. The standard InChI is InChI=1S/C13H23NO/c15-12-5-3-11(4-6-12)14-13-8-9-1-2-10(13)7-9/h9-15H,1-8H2/t9-,10+,11?,12?,13-/m0/s1. The summed E-state index contributed by atoms with van der Waals surface area (Å²) in [6, 6.07) is 1.53. The van der Waals surface area contributed by atoms with Crippen molar-refractivity contribution in [3.05, 3.63) is 0 Å². The normalized spacial score (nSPS) is 49.8. The van der Waals surface area contributed by atoms with E-state index in [4.69, 9.17) is 0 Å². The van der Waals surface area contributed by atoms with Gasteiger partial charge in [-0.05, 0) is 56.8 Å². The maximum Gasteiger partial charge on any atom is 0.0541 e. The van der Waals surface area contributed by atoms with Crippen molar-refractivity contribution in [1.82, 2.24) is 5.32 Å². The molecule has 0 heterocycles. The monoisotopic (exact) mass is 209 g/mol. The molecular weight excluding hydrogens is 186 g/mol. The lowest BCUT2D eigenvalue weighted by atomic mass is 9.89. The molecule has 0 aromatic heterocycles. The number of aliphatic hydroxyl groups is 1. The Morgan fingerprint density at radius 1 is 0.867 bits per heavy atom. The van der Waals surface area contributed by atoms with E-state index in [9.17, 15) is 5.11 Å². The molecule has 86 valence electrons. The van der Waals surface area contributed by atoms with E-state index in [0.29, 0.717) is 6.04 Å².